The van der Waals surface area contributed by atoms with Crippen molar-refractivity contribution in [2.75, 3.05) is 0 Å². The van der Waals surface area contributed by atoms with Gasteiger partial charge in [0.25, 0.3) is 0 Å². The van der Waals surface area contributed by atoms with E-state index < -0.39 is 0 Å². The van der Waals surface area contributed by atoms with Gasteiger partial charge in [0.15, 0.2) is 0 Å². The van der Waals surface area contributed by atoms with Crippen molar-refractivity contribution in [2.24, 2.45) is 0 Å². The minimum absolute atomic E-state index is 1.11. The zero-order chi connectivity index (χ0) is 17.3. The van der Waals surface area contributed by atoms with Gasteiger partial charge >= 0.3 is 0 Å². The highest BCUT2D eigenvalue weighted by molar-refractivity contribution is 9.10. The van der Waals surface area contributed by atoms with Crippen LogP contribution < -0.4 is 0 Å². The maximum Gasteiger partial charge on any atom is 0.119 e. The van der Waals surface area contributed by atoms with E-state index in [0.717, 1.165) is 4.47 Å². The Kier molecular flexibility index (Phi) is 6.01. The molecule has 0 N–H and O–H groups in total. The maximum absolute atomic E-state index is 3.56. The van der Waals surface area contributed by atoms with Crippen LogP contribution in [-0.4, -0.2) is 15.0 Å². The molecular weight excluding hydrogens is 374 g/mol. The highest BCUT2D eigenvalue weighted by atomic mass is 79.9. The molecule has 4 aromatic rings. The summed E-state index contributed by atoms with van der Waals surface area (Å²) in [7, 11) is 0. The van der Waals surface area contributed by atoms with Crippen LogP contribution in [0.25, 0.3) is 22.3 Å². The summed E-state index contributed by atoms with van der Waals surface area (Å²) in [6.45, 7) is 0. The van der Waals surface area contributed by atoms with Gasteiger partial charge in [0.2, 0.25) is 0 Å². The summed E-state index contributed by atoms with van der Waals surface area (Å²) in [5.41, 5.74) is 4.98. The molecule has 0 amide bonds. The molecule has 1 aromatic heterocycles. The molecule has 0 fully saturated rings. The number of rotatable bonds is 2. The lowest BCUT2D eigenvalue weighted by atomic mass is 9.99. The average molecular weight is 390 g/mol. The summed E-state index contributed by atoms with van der Waals surface area (Å²) in [4.78, 5) is 10.7. The molecular formula is C21H16BrN3. The first-order valence-electron chi connectivity index (χ1n) is 7.79. The molecule has 0 aliphatic heterocycles. The third-order valence-electron chi connectivity index (χ3n) is 3.55. The molecule has 3 nitrogen and oxygen atoms in total. The molecule has 0 bridgehead atoms. The van der Waals surface area contributed by atoms with Crippen molar-refractivity contribution in [1.29, 1.82) is 0 Å². The van der Waals surface area contributed by atoms with E-state index in [1.165, 1.54) is 41.2 Å². The van der Waals surface area contributed by atoms with Crippen LogP contribution in [0.2, 0.25) is 0 Å². The van der Waals surface area contributed by atoms with Gasteiger partial charge in [-0.05, 0) is 40.5 Å². The predicted octanol–water partition coefficient (Wildman–Crippen LogP) is 5.65. The molecule has 0 atom stereocenters. The van der Waals surface area contributed by atoms with Crippen LogP contribution in [0.4, 0.5) is 0 Å². The number of hydrogen-bond donors (Lipinski definition) is 0. The fraction of sp³-hybridized carbons (Fsp3) is 0. The highest BCUT2D eigenvalue weighted by Crippen LogP contribution is 2.27. The zero-order valence-corrected chi connectivity index (χ0v) is 15.0. The smallest absolute Gasteiger partial charge is 0.119 e. The standard InChI is InChI=1S/C18H13Br.C3H3N3/c19-18-11-9-15(10-12-18)17-8-4-7-16(13-17)14-5-2-1-3-6-14;1-4-2-6-3-5-1/h1-13H;1-3H. The van der Waals surface area contributed by atoms with Crippen molar-refractivity contribution in [3.05, 3.63) is 102 Å². The van der Waals surface area contributed by atoms with Crippen LogP contribution in [0.3, 0.4) is 0 Å². The van der Waals surface area contributed by atoms with Crippen molar-refractivity contribution in [2.45, 2.75) is 0 Å². The zero-order valence-electron chi connectivity index (χ0n) is 13.5. The largest absolute Gasteiger partial charge is 0.225 e. The molecule has 122 valence electrons. The number of halogens is 1. The average Bonchev–Trinajstić information content (AvgIpc) is 2.71. The van der Waals surface area contributed by atoms with Gasteiger partial charge in [-0.25, -0.2) is 15.0 Å². The van der Waals surface area contributed by atoms with E-state index >= 15 is 0 Å². The monoisotopic (exact) mass is 389 g/mol. The lowest BCUT2D eigenvalue weighted by molar-refractivity contribution is 1.05. The molecule has 3 aromatic carbocycles. The minimum atomic E-state index is 1.11. The fourth-order valence-corrected chi connectivity index (χ4v) is 2.62. The molecule has 1 heterocycles. The lowest BCUT2D eigenvalue weighted by Gasteiger charge is -2.06. The number of nitrogens with zero attached hydrogens (tertiary/aromatic N) is 3. The van der Waals surface area contributed by atoms with Crippen LogP contribution in [0.1, 0.15) is 0 Å². The van der Waals surface area contributed by atoms with Crippen LogP contribution in [0.5, 0.6) is 0 Å². The Morgan fingerprint density at radius 2 is 0.960 bits per heavy atom. The Balaban J connectivity index is 0.000000258. The van der Waals surface area contributed by atoms with E-state index in [1.54, 1.807) is 0 Å². The van der Waals surface area contributed by atoms with Gasteiger partial charge in [-0.2, -0.15) is 0 Å². The van der Waals surface area contributed by atoms with Gasteiger partial charge in [0.1, 0.15) is 19.0 Å². The van der Waals surface area contributed by atoms with Crippen LogP contribution >= 0.6 is 15.9 Å². The normalized spacial score (nSPS) is 9.80. The van der Waals surface area contributed by atoms with Crippen molar-refractivity contribution in [3.63, 3.8) is 0 Å². The van der Waals surface area contributed by atoms with Crippen molar-refractivity contribution < 1.29 is 0 Å². The van der Waals surface area contributed by atoms with Gasteiger partial charge in [-0.1, -0.05) is 76.6 Å². The summed E-state index contributed by atoms with van der Waals surface area (Å²) >= 11 is 3.47. The Bertz CT molecular complexity index is 868. The second-order valence-corrected chi connectivity index (χ2v) is 6.16. The molecule has 4 heteroatoms. The van der Waals surface area contributed by atoms with E-state index in [0.29, 0.717) is 0 Å². The topological polar surface area (TPSA) is 38.7 Å². The molecule has 0 unspecified atom stereocenters. The van der Waals surface area contributed by atoms with Crippen molar-refractivity contribution >= 4 is 15.9 Å². The number of aromatic nitrogens is 3. The van der Waals surface area contributed by atoms with E-state index in [-0.39, 0.29) is 0 Å². The molecule has 25 heavy (non-hydrogen) atoms. The first-order valence-corrected chi connectivity index (χ1v) is 8.58. The van der Waals surface area contributed by atoms with Crippen molar-refractivity contribution in [1.82, 2.24) is 15.0 Å². The molecule has 0 aliphatic rings. The van der Waals surface area contributed by atoms with E-state index in [2.05, 4.69) is 104 Å². The summed E-state index contributed by atoms with van der Waals surface area (Å²) in [6.07, 6.45) is 4.31. The van der Waals surface area contributed by atoms with Gasteiger partial charge in [-0.15, -0.1) is 0 Å². The van der Waals surface area contributed by atoms with E-state index in [9.17, 15) is 0 Å². The summed E-state index contributed by atoms with van der Waals surface area (Å²) < 4.78 is 1.11. The molecule has 4 rings (SSSR count). The van der Waals surface area contributed by atoms with Crippen LogP contribution in [0.15, 0.2) is 102 Å². The lowest BCUT2D eigenvalue weighted by Crippen LogP contribution is -1.81. The Labute approximate surface area is 155 Å². The fourth-order valence-electron chi connectivity index (χ4n) is 2.36. The number of benzene rings is 3. The van der Waals surface area contributed by atoms with Crippen LogP contribution in [-0.2, 0) is 0 Å². The Hall–Kier alpha value is -2.85. The third kappa shape index (κ3) is 5.06. The molecule has 0 saturated carbocycles. The highest BCUT2D eigenvalue weighted by Gasteiger charge is 2.01. The first-order chi connectivity index (χ1) is 12.3. The quantitative estimate of drug-likeness (QED) is 0.444. The summed E-state index contributed by atoms with van der Waals surface area (Å²) in [6, 6.07) is 27.5. The van der Waals surface area contributed by atoms with Gasteiger partial charge < -0.3 is 0 Å². The predicted molar refractivity (Wildman–Crippen MR) is 105 cm³/mol. The van der Waals surface area contributed by atoms with Gasteiger partial charge in [-0.3, -0.25) is 0 Å². The van der Waals surface area contributed by atoms with Gasteiger partial charge in [0.05, 0.1) is 0 Å². The number of hydrogen-bond acceptors (Lipinski definition) is 3. The minimum Gasteiger partial charge on any atom is -0.225 e. The van der Waals surface area contributed by atoms with Gasteiger partial charge in [0, 0.05) is 4.47 Å². The second kappa shape index (κ2) is 8.85. The maximum atomic E-state index is 3.56. The Morgan fingerprint density at radius 3 is 1.48 bits per heavy atom. The molecule has 0 radical (unpaired) electrons. The molecule has 0 saturated heterocycles. The second-order valence-electron chi connectivity index (χ2n) is 5.25. The first kappa shape index (κ1) is 17.0. The molecule has 0 spiro atoms. The van der Waals surface area contributed by atoms with Crippen molar-refractivity contribution in [3.8, 4) is 22.3 Å². The summed E-state index contributed by atoms with van der Waals surface area (Å²) in [5.74, 6) is 0. The molecule has 0 aliphatic carbocycles. The van der Waals surface area contributed by atoms with E-state index in [4.69, 9.17) is 0 Å². The third-order valence-corrected chi connectivity index (χ3v) is 4.08. The Morgan fingerprint density at radius 1 is 0.480 bits per heavy atom. The van der Waals surface area contributed by atoms with E-state index in [1.807, 2.05) is 6.07 Å². The SMILES string of the molecule is Brc1ccc(-c2cccc(-c3ccccc3)c2)cc1.c1ncncn1. The summed E-state index contributed by atoms with van der Waals surface area (Å²) in [5, 5.41) is 0. The van der Waals surface area contributed by atoms with Crippen LogP contribution in [0, 0.1) is 0 Å².